The third-order valence-electron chi connectivity index (χ3n) is 6.50. The summed E-state index contributed by atoms with van der Waals surface area (Å²) in [6, 6.07) is 7.64. The molecule has 29 heavy (non-hydrogen) atoms. The maximum absolute atomic E-state index is 13.2. The van der Waals surface area contributed by atoms with E-state index in [1.54, 1.807) is 0 Å². The van der Waals surface area contributed by atoms with Crippen molar-refractivity contribution in [3.8, 4) is 0 Å². The Bertz CT molecular complexity index is 699. The van der Waals surface area contributed by atoms with Gasteiger partial charge < -0.3 is 9.64 Å². The van der Waals surface area contributed by atoms with Gasteiger partial charge in [0, 0.05) is 18.1 Å². The van der Waals surface area contributed by atoms with Gasteiger partial charge in [0.05, 0.1) is 18.1 Å². The van der Waals surface area contributed by atoms with Crippen molar-refractivity contribution in [3.05, 3.63) is 34.9 Å². The number of likely N-dealkylation sites (tertiary alicyclic amines) is 2. The minimum absolute atomic E-state index is 0.0242. The highest BCUT2D eigenvalue weighted by atomic mass is 35.5. The van der Waals surface area contributed by atoms with Crippen LogP contribution in [0.1, 0.15) is 51.0 Å². The molecule has 6 heteroatoms. The number of carbonyl (C=O) groups is 2. The number of benzene rings is 1. The summed E-state index contributed by atoms with van der Waals surface area (Å²) in [6.07, 6.45) is 6.29. The summed E-state index contributed by atoms with van der Waals surface area (Å²) in [4.78, 5) is 30.2. The largest absolute Gasteiger partial charge is 0.466 e. The summed E-state index contributed by atoms with van der Waals surface area (Å²) in [5, 5.41) is 0.687. The highest BCUT2D eigenvalue weighted by Gasteiger charge is 2.44. The topological polar surface area (TPSA) is 49.9 Å². The van der Waals surface area contributed by atoms with E-state index in [-0.39, 0.29) is 17.9 Å². The van der Waals surface area contributed by atoms with Crippen LogP contribution in [-0.4, -0.2) is 61.0 Å². The number of likely N-dealkylation sites (N-methyl/N-ethyl adjacent to an activating group) is 1. The standard InChI is InChI=1S/C23H33ClN2O3/c1-3-29-22(28)23(17-18-8-10-19(24)11-9-18)12-15-26(16-13-23)21(27)20-7-5-4-6-14-25(20)2/h8-11,20H,3-7,12-17H2,1-2H3. The first-order chi connectivity index (χ1) is 13.9. The lowest BCUT2D eigenvalue weighted by molar-refractivity contribution is -0.161. The zero-order chi connectivity index (χ0) is 20.9. The minimum atomic E-state index is -0.573. The molecule has 2 saturated heterocycles. The summed E-state index contributed by atoms with van der Waals surface area (Å²) in [7, 11) is 2.06. The third kappa shape index (κ3) is 5.32. The van der Waals surface area contributed by atoms with E-state index in [1.165, 1.54) is 6.42 Å². The number of hydrogen-bond donors (Lipinski definition) is 0. The molecular weight excluding hydrogens is 388 g/mol. The Hall–Kier alpha value is -1.59. The first-order valence-corrected chi connectivity index (χ1v) is 11.2. The predicted molar refractivity (Wildman–Crippen MR) is 115 cm³/mol. The van der Waals surface area contributed by atoms with Crippen LogP contribution in [0.3, 0.4) is 0 Å². The molecule has 0 aromatic heterocycles. The van der Waals surface area contributed by atoms with E-state index in [0.717, 1.165) is 31.4 Å². The molecule has 1 unspecified atom stereocenters. The number of esters is 1. The normalized spacial score (nSPS) is 22.7. The highest BCUT2D eigenvalue weighted by molar-refractivity contribution is 6.30. The van der Waals surface area contributed by atoms with Crippen LogP contribution in [-0.2, 0) is 20.7 Å². The van der Waals surface area contributed by atoms with Crippen molar-refractivity contribution < 1.29 is 14.3 Å². The number of ether oxygens (including phenoxy) is 1. The second-order valence-electron chi connectivity index (χ2n) is 8.48. The number of rotatable bonds is 5. The summed E-state index contributed by atoms with van der Waals surface area (Å²) in [5.41, 5.74) is 0.501. The maximum atomic E-state index is 13.2. The molecule has 3 rings (SSSR count). The van der Waals surface area contributed by atoms with Gasteiger partial charge in [-0.2, -0.15) is 0 Å². The van der Waals surface area contributed by atoms with Gasteiger partial charge >= 0.3 is 5.97 Å². The Morgan fingerprint density at radius 2 is 1.79 bits per heavy atom. The van der Waals surface area contributed by atoms with Crippen LogP contribution in [0.2, 0.25) is 5.02 Å². The van der Waals surface area contributed by atoms with Crippen molar-refractivity contribution in [2.24, 2.45) is 5.41 Å². The van der Waals surface area contributed by atoms with Crippen LogP contribution in [0.5, 0.6) is 0 Å². The third-order valence-corrected chi connectivity index (χ3v) is 6.75. The number of nitrogens with zero attached hydrogens (tertiary/aromatic N) is 2. The van der Waals surface area contributed by atoms with Crippen LogP contribution >= 0.6 is 11.6 Å². The predicted octanol–water partition coefficient (Wildman–Crippen LogP) is 3.93. The molecule has 1 aromatic carbocycles. The average molecular weight is 421 g/mol. The second-order valence-corrected chi connectivity index (χ2v) is 8.91. The molecule has 1 aromatic rings. The highest BCUT2D eigenvalue weighted by Crippen LogP contribution is 2.37. The summed E-state index contributed by atoms with van der Waals surface area (Å²) in [6.45, 7) is 4.41. The molecule has 1 atom stereocenters. The molecule has 0 spiro atoms. The molecule has 0 radical (unpaired) electrons. The lowest BCUT2D eigenvalue weighted by Crippen LogP contribution is -2.53. The Kier molecular flexibility index (Phi) is 7.58. The molecule has 2 fully saturated rings. The van der Waals surface area contributed by atoms with Gasteiger partial charge in [0.2, 0.25) is 5.91 Å². The Labute approximate surface area is 179 Å². The zero-order valence-electron chi connectivity index (χ0n) is 17.7. The minimum Gasteiger partial charge on any atom is -0.466 e. The monoisotopic (exact) mass is 420 g/mol. The van der Waals surface area contributed by atoms with E-state index in [1.807, 2.05) is 36.1 Å². The number of piperidine rings is 1. The maximum Gasteiger partial charge on any atom is 0.312 e. The summed E-state index contributed by atoms with van der Waals surface area (Å²) in [5.74, 6) is 0.0759. The number of halogens is 1. The van der Waals surface area contributed by atoms with E-state index < -0.39 is 5.41 Å². The van der Waals surface area contributed by atoms with Gasteiger partial charge in [-0.15, -0.1) is 0 Å². The molecule has 0 saturated carbocycles. The lowest BCUT2D eigenvalue weighted by atomic mass is 9.73. The van der Waals surface area contributed by atoms with Crippen LogP contribution in [0, 0.1) is 5.41 Å². The summed E-state index contributed by atoms with van der Waals surface area (Å²) < 4.78 is 5.45. The van der Waals surface area contributed by atoms with Gasteiger partial charge in [-0.1, -0.05) is 36.6 Å². The van der Waals surface area contributed by atoms with Crippen LogP contribution < -0.4 is 0 Å². The molecule has 0 N–H and O–H groups in total. The van der Waals surface area contributed by atoms with Crippen molar-refractivity contribution >= 4 is 23.5 Å². The van der Waals surface area contributed by atoms with E-state index in [0.29, 0.717) is 44.0 Å². The van der Waals surface area contributed by atoms with Crippen molar-refractivity contribution in [1.82, 2.24) is 9.80 Å². The smallest absolute Gasteiger partial charge is 0.312 e. The Balaban J connectivity index is 1.70. The fraction of sp³-hybridized carbons (Fsp3) is 0.652. The molecule has 0 aliphatic carbocycles. The molecule has 2 heterocycles. The number of hydrogen-bond acceptors (Lipinski definition) is 4. The quantitative estimate of drug-likeness (QED) is 0.677. The van der Waals surface area contributed by atoms with Crippen LogP contribution in [0.25, 0.3) is 0 Å². The fourth-order valence-corrected chi connectivity index (χ4v) is 4.79. The molecule has 160 valence electrons. The molecule has 2 aliphatic rings. The van der Waals surface area contributed by atoms with E-state index in [2.05, 4.69) is 11.9 Å². The Morgan fingerprint density at radius 1 is 1.10 bits per heavy atom. The SMILES string of the molecule is CCOC(=O)C1(Cc2ccc(Cl)cc2)CCN(C(=O)C2CCCCCN2C)CC1. The van der Waals surface area contributed by atoms with Crippen molar-refractivity contribution in [3.63, 3.8) is 0 Å². The Morgan fingerprint density at radius 3 is 2.45 bits per heavy atom. The first-order valence-electron chi connectivity index (χ1n) is 10.9. The van der Waals surface area contributed by atoms with E-state index in [9.17, 15) is 9.59 Å². The average Bonchev–Trinajstić information content (AvgIpc) is 2.94. The van der Waals surface area contributed by atoms with Gasteiger partial charge in [0.1, 0.15) is 0 Å². The van der Waals surface area contributed by atoms with Gasteiger partial charge in [-0.3, -0.25) is 14.5 Å². The number of amides is 1. The van der Waals surface area contributed by atoms with E-state index in [4.69, 9.17) is 16.3 Å². The van der Waals surface area contributed by atoms with Gasteiger partial charge in [-0.05, 0) is 70.3 Å². The van der Waals surface area contributed by atoms with Crippen molar-refractivity contribution in [2.75, 3.05) is 33.3 Å². The fourth-order valence-electron chi connectivity index (χ4n) is 4.66. The van der Waals surface area contributed by atoms with E-state index >= 15 is 0 Å². The second kappa shape index (κ2) is 9.94. The van der Waals surface area contributed by atoms with Crippen molar-refractivity contribution in [2.45, 2.75) is 57.9 Å². The first kappa shape index (κ1) is 22.1. The molecule has 2 aliphatic heterocycles. The van der Waals surface area contributed by atoms with Crippen molar-refractivity contribution in [1.29, 1.82) is 0 Å². The van der Waals surface area contributed by atoms with Crippen LogP contribution in [0.4, 0.5) is 0 Å². The molecule has 0 bridgehead atoms. The van der Waals surface area contributed by atoms with Gasteiger partial charge in [0.25, 0.3) is 0 Å². The van der Waals surface area contributed by atoms with Crippen LogP contribution in [0.15, 0.2) is 24.3 Å². The molecule has 1 amide bonds. The van der Waals surface area contributed by atoms with Gasteiger partial charge in [-0.25, -0.2) is 0 Å². The molecular formula is C23H33ClN2O3. The molecule has 5 nitrogen and oxygen atoms in total. The lowest BCUT2D eigenvalue weighted by Gasteiger charge is -2.41. The summed E-state index contributed by atoms with van der Waals surface area (Å²) >= 11 is 6.01. The van der Waals surface area contributed by atoms with Gasteiger partial charge in [0.15, 0.2) is 0 Å². The number of carbonyl (C=O) groups excluding carboxylic acids is 2. The zero-order valence-corrected chi connectivity index (χ0v) is 18.4.